The van der Waals surface area contributed by atoms with Crippen LogP contribution >= 0.6 is 0 Å². The van der Waals surface area contributed by atoms with Crippen molar-refractivity contribution in [1.82, 2.24) is 0 Å². The van der Waals surface area contributed by atoms with Gasteiger partial charge in [-0.1, -0.05) is 65.3 Å². The second-order valence-corrected chi connectivity index (χ2v) is 12.3. The number of Topliss-reactive ketones (excluding diaryl/α,β-unsaturated/α-hetero) is 1. The molecule has 0 heterocycles. The molecule has 0 radical (unpaired) electrons. The number of fused-ring (bicyclic) bond motifs is 5. The summed E-state index contributed by atoms with van der Waals surface area (Å²) in [5.41, 5.74) is 2.68. The molecular formula is C29H46O. The number of hydrogen-bond acceptors (Lipinski definition) is 1. The molecule has 0 aromatic heterocycles. The van der Waals surface area contributed by atoms with Crippen LogP contribution in [0.25, 0.3) is 0 Å². The minimum Gasteiger partial charge on any atom is -0.300 e. The van der Waals surface area contributed by atoms with Gasteiger partial charge < -0.3 is 0 Å². The van der Waals surface area contributed by atoms with E-state index < -0.39 is 0 Å². The van der Waals surface area contributed by atoms with Crippen LogP contribution in [0.4, 0.5) is 0 Å². The lowest BCUT2D eigenvalue weighted by Crippen LogP contribution is -2.49. The van der Waals surface area contributed by atoms with Gasteiger partial charge in [-0.2, -0.15) is 0 Å². The number of rotatable bonds is 5. The monoisotopic (exact) mass is 410 g/mol. The molecule has 4 rings (SSSR count). The van der Waals surface area contributed by atoms with E-state index in [2.05, 4.69) is 59.8 Å². The van der Waals surface area contributed by atoms with Crippen LogP contribution < -0.4 is 0 Å². The number of carbonyl (C=O) groups is 1. The van der Waals surface area contributed by atoms with Crippen molar-refractivity contribution in [3.05, 3.63) is 23.8 Å². The standard InChI is InChI=1S/C29H46O/c1-7-21(19(2)3)9-8-20(4)25-12-13-26-24-11-10-22-18-23(30)14-16-28(22,5)27(24)15-17-29(25,26)6/h8-9,11,19-22,25-27H,7,10,12-18H2,1-6H3/b9-8+. The SMILES string of the molecule is CCC(/C=C/C(C)C1CCC2C3=CCC4CC(=O)CCC4(C)C3CCC21C)C(C)C. The van der Waals surface area contributed by atoms with E-state index >= 15 is 0 Å². The number of carbonyl (C=O) groups excluding carboxylic acids is 1. The minimum absolute atomic E-state index is 0.383. The number of hydrogen-bond donors (Lipinski definition) is 0. The molecule has 0 N–H and O–H groups in total. The third-order valence-electron chi connectivity index (χ3n) is 10.6. The molecule has 0 spiro atoms. The molecule has 0 amide bonds. The van der Waals surface area contributed by atoms with Gasteiger partial charge in [-0.25, -0.2) is 0 Å². The van der Waals surface area contributed by atoms with Crippen molar-refractivity contribution in [3.63, 3.8) is 0 Å². The van der Waals surface area contributed by atoms with Crippen LogP contribution in [0.2, 0.25) is 0 Å². The summed E-state index contributed by atoms with van der Waals surface area (Å²) in [7, 11) is 0. The summed E-state index contributed by atoms with van der Waals surface area (Å²) in [6.45, 7) is 14.7. The Morgan fingerprint density at radius 3 is 2.47 bits per heavy atom. The van der Waals surface area contributed by atoms with E-state index in [0.717, 1.165) is 55.3 Å². The van der Waals surface area contributed by atoms with Crippen molar-refractivity contribution < 1.29 is 4.79 Å². The van der Waals surface area contributed by atoms with E-state index in [-0.39, 0.29) is 0 Å². The maximum Gasteiger partial charge on any atom is 0.133 e. The summed E-state index contributed by atoms with van der Waals surface area (Å²) in [4.78, 5) is 12.1. The number of ketones is 1. The highest BCUT2D eigenvalue weighted by Gasteiger charge is 2.58. The van der Waals surface area contributed by atoms with Crippen molar-refractivity contribution in [2.24, 2.45) is 52.3 Å². The molecule has 8 unspecified atom stereocenters. The zero-order chi connectivity index (χ0) is 21.7. The fraction of sp³-hybridized carbons (Fsp3) is 0.828. The Hall–Kier alpha value is -0.850. The van der Waals surface area contributed by atoms with Crippen molar-refractivity contribution >= 4 is 5.78 Å². The topological polar surface area (TPSA) is 17.1 Å². The van der Waals surface area contributed by atoms with Crippen LogP contribution in [0.3, 0.4) is 0 Å². The molecule has 4 aliphatic rings. The minimum atomic E-state index is 0.383. The molecule has 168 valence electrons. The molecule has 8 atom stereocenters. The van der Waals surface area contributed by atoms with E-state index in [4.69, 9.17) is 0 Å². The molecule has 1 heteroatoms. The van der Waals surface area contributed by atoms with Gasteiger partial charge in [-0.3, -0.25) is 4.79 Å². The lowest BCUT2D eigenvalue weighted by Gasteiger charge is -2.57. The second kappa shape index (κ2) is 8.25. The first-order chi connectivity index (χ1) is 14.2. The zero-order valence-electron chi connectivity index (χ0n) is 20.5. The average Bonchev–Trinajstić information content (AvgIpc) is 3.06. The third-order valence-corrected chi connectivity index (χ3v) is 10.6. The summed E-state index contributed by atoms with van der Waals surface area (Å²) >= 11 is 0. The number of allylic oxidation sites excluding steroid dienone is 4. The van der Waals surface area contributed by atoms with Crippen molar-refractivity contribution in [3.8, 4) is 0 Å². The Bertz CT molecular complexity index is 714. The first-order valence-corrected chi connectivity index (χ1v) is 13.1. The molecule has 0 aromatic carbocycles. The Kier molecular flexibility index (Phi) is 6.15. The van der Waals surface area contributed by atoms with Gasteiger partial charge in [0.2, 0.25) is 0 Å². The second-order valence-electron chi connectivity index (χ2n) is 12.3. The molecule has 0 bridgehead atoms. The van der Waals surface area contributed by atoms with E-state index in [9.17, 15) is 4.79 Å². The van der Waals surface area contributed by atoms with Crippen LogP contribution in [-0.4, -0.2) is 5.78 Å². The molecule has 3 saturated carbocycles. The fourth-order valence-electron chi connectivity index (χ4n) is 8.49. The quantitative estimate of drug-likeness (QED) is 0.419. The summed E-state index contributed by atoms with van der Waals surface area (Å²) in [5.74, 6) is 5.63. The van der Waals surface area contributed by atoms with E-state index in [1.54, 1.807) is 0 Å². The van der Waals surface area contributed by atoms with E-state index in [1.165, 1.54) is 32.1 Å². The highest BCUT2D eigenvalue weighted by atomic mass is 16.1. The summed E-state index contributed by atoms with van der Waals surface area (Å²) in [5, 5.41) is 0. The lowest BCUT2D eigenvalue weighted by atomic mass is 9.48. The highest BCUT2D eigenvalue weighted by Crippen LogP contribution is 2.66. The smallest absolute Gasteiger partial charge is 0.133 e. The molecule has 3 fully saturated rings. The van der Waals surface area contributed by atoms with Gasteiger partial charge >= 0.3 is 0 Å². The highest BCUT2D eigenvalue weighted by molar-refractivity contribution is 5.79. The Morgan fingerprint density at radius 1 is 1.03 bits per heavy atom. The molecule has 0 aromatic rings. The van der Waals surface area contributed by atoms with E-state index in [0.29, 0.717) is 28.4 Å². The summed E-state index contributed by atoms with van der Waals surface area (Å²) in [6, 6.07) is 0. The Balaban J connectivity index is 1.54. The molecule has 30 heavy (non-hydrogen) atoms. The van der Waals surface area contributed by atoms with Gasteiger partial charge in [-0.15, -0.1) is 0 Å². The molecule has 4 aliphatic carbocycles. The summed E-state index contributed by atoms with van der Waals surface area (Å²) in [6.07, 6.45) is 18.5. The van der Waals surface area contributed by atoms with Gasteiger partial charge in [0.1, 0.15) is 5.78 Å². The van der Waals surface area contributed by atoms with E-state index in [1.807, 2.05) is 5.57 Å². The van der Waals surface area contributed by atoms with Gasteiger partial charge in [0.05, 0.1) is 0 Å². The predicted molar refractivity (Wildman–Crippen MR) is 127 cm³/mol. The molecule has 0 saturated heterocycles. The average molecular weight is 411 g/mol. The van der Waals surface area contributed by atoms with Gasteiger partial charge in [0, 0.05) is 12.8 Å². The van der Waals surface area contributed by atoms with Crippen molar-refractivity contribution in [1.29, 1.82) is 0 Å². The Labute approximate surface area is 186 Å². The molecular weight excluding hydrogens is 364 g/mol. The van der Waals surface area contributed by atoms with Crippen molar-refractivity contribution in [2.45, 2.75) is 99.3 Å². The van der Waals surface area contributed by atoms with Gasteiger partial charge in [0.25, 0.3) is 0 Å². The first-order valence-electron chi connectivity index (χ1n) is 13.1. The molecule has 0 aliphatic heterocycles. The predicted octanol–water partition coefficient (Wildman–Crippen LogP) is 8.01. The molecule has 1 nitrogen and oxygen atoms in total. The first kappa shape index (κ1) is 22.3. The largest absolute Gasteiger partial charge is 0.300 e. The zero-order valence-corrected chi connectivity index (χ0v) is 20.5. The van der Waals surface area contributed by atoms with Crippen LogP contribution in [-0.2, 0) is 4.79 Å². The lowest BCUT2D eigenvalue weighted by molar-refractivity contribution is -0.127. The van der Waals surface area contributed by atoms with Crippen molar-refractivity contribution in [2.75, 3.05) is 0 Å². The third kappa shape index (κ3) is 3.57. The normalized spacial score (nSPS) is 43.2. The van der Waals surface area contributed by atoms with Crippen LogP contribution in [0, 0.1) is 52.3 Å². The van der Waals surface area contributed by atoms with Gasteiger partial charge in [-0.05, 0) is 97.2 Å². The van der Waals surface area contributed by atoms with Crippen LogP contribution in [0.5, 0.6) is 0 Å². The maximum absolute atomic E-state index is 12.1. The fourth-order valence-corrected chi connectivity index (χ4v) is 8.49. The summed E-state index contributed by atoms with van der Waals surface area (Å²) < 4.78 is 0. The van der Waals surface area contributed by atoms with Gasteiger partial charge in [0.15, 0.2) is 0 Å². The van der Waals surface area contributed by atoms with Crippen LogP contribution in [0.15, 0.2) is 23.8 Å². The Morgan fingerprint density at radius 2 is 1.77 bits per heavy atom. The maximum atomic E-state index is 12.1. The van der Waals surface area contributed by atoms with Crippen LogP contribution in [0.1, 0.15) is 99.3 Å².